The number of carbonyl (C=O) groups is 2. The molecule has 0 spiro atoms. The van der Waals surface area contributed by atoms with Crippen molar-refractivity contribution in [2.75, 3.05) is 31.8 Å². The molecule has 0 aromatic rings. The maximum absolute atomic E-state index is 10.2. The second-order valence-corrected chi connectivity index (χ2v) is 3.04. The van der Waals surface area contributed by atoms with Gasteiger partial charge in [0.1, 0.15) is 0 Å². The summed E-state index contributed by atoms with van der Waals surface area (Å²) in [7, 11) is 1.55. The molecular formula is C7H12O4S. The Morgan fingerprint density at radius 1 is 1.42 bits per heavy atom. The van der Waals surface area contributed by atoms with Gasteiger partial charge in [-0.15, -0.1) is 11.8 Å². The number of aliphatic hydroxyl groups excluding tert-OH is 1. The third kappa shape index (κ3) is 5.29. The quantitative estimate of drug-likeness (QED) is 0.597. The number of hydrogen-bond acceptors (Lipinski definition) is 5. The number of ether oxygens (including phenoxy) is 1. The maximum atomic E-state index is 10.2. The van der Waals surface area contributed by atoms with Crippen molar-refractivity contribution >= 4 is 23.3 Å². The SMILES string of the molecule is COCCO.O=C1CSCC1=O. The Kier molecular flexibility index (Phi) is 7.03. The molecule has 0 saturated carbocycles. The van der Waals surface area contributed by atoms with Crippen molar-refractivity contribution in [1.82, 2.24) is 0 Å². The summed E-state index contributed by atoms with van der Waals surface area (Å²) in [5.41, 5.74) is 0. The molecule has 1 fully saturated rings. The Morgan fingerprint density at radius 3 is 2.00 bits per heavy atom. The third-order valence-corrected chi connectivity index (χ3v) is 2.01. The van der Waals surface area contributed by atoms with Gasteiger partial charge in [0.25, 0.3) is 0 Å². The largest absolute Gasteiger partial charge is 0.394 e. The van der Waals surface area contributed by atoms with Gasteiger partial charge in [-0.05, 0) is 0 Å². The van der Waals surface area contributed by atoms with Gasteiger partial charge < -0.3 is 9.84 Å². The number of ketones is 2. The smallest absolute Gasteiger partial charge is 0.209 e. The highest BCUT2D eigenvalue weighted by molar-refractivity contribution is 8.01. The topological polar surface area (TPSA) is 63.6 Å². The first-order valence-corrected chi connectivity index (χ1v) is 4.61. The molecule has 0 aromatic carbocycles. The zero-order valence-corrected chi connectivity index (χ0v) is 7.73. The van der Waals surface area contributed by atoms with Crippen LogP contribution in [-0.2, 0) is 14.3 Å². The summed E-state index contributed by atoms with van der Waals surface area (Å²) in [6.07, 6.45) is 0. The van der Waals surface area contributed by atoms with Crippen molar-refractivity contribution in [2.45, 2.75) is 0 Å². The van der Waals surface area contributed by atoms with E-state index in [4.69, 9.17) is 5.11 Å². The number of Topliss-reactive ketones (excluding diaryl/α,β-unsaturated/α-hetero) is 2. The van der Waals surface area contributed by atoms with Gasteiger partial charge in [-0.3, -0.25) is 9.59 Å². The van der Waals surface area contributed by atoms with Crippen LogP contribution in [0, 0.1) is 0 Å². The first kappa shape index (κ1) is 11.6. The van der Waals surface area contributed by atoms with Crippen LogP contribution in [0.15, 0.2) is 0 Å². The van der Waals surface area contributed by atoms with Crippen LogP contribution in [0.3, 0.4) is 0 Å². The highest BCUT2D eigenvalue weighted by Gasteiger charge is 2.20. The lowest BCUT2D eigenvalue weighted by atomic mass is 10.3. The summed E-state index contributed by atoms with van der Waals surface area (Å²) in [5.74, 6) is 0.368. The number of rotatable bonds is 2. The van der Waals surface area contributed by atoms with Gasteiger partial charge in [0.05, 0.1) is 24.7 Å². The fourth-order valence-corrected chi connectivity index (χ4v) is 1.28. The van der Waals surface area contributed by atoms with Crippen LogP contribution in [0.4, 0.5) is 0 Å². The lowest BCUT2D eigenvalue weighted by Crippen LogP contribution is -2.07. The lowest BCUT2D eigenvalue weighted by Gasteiger charge is -1.84. The monoisotopic (exact) mass is 192 g/mol. The van der Waals surface area contributed by atoms with Crippen LogP contribution >= 0.6 is 11.8 Å². The molecule has 1 aliphatic heterocycles. The summed E-state index contributed by atoms with van der Waals surface area (Å²) in [4.78, 5) is 20.4. The minimum Gasteiger partial charge on any atom is -0.394 e. The molecule has 4 nitrogen and oxygen atoms in total. The molecule has 1 rings (SSSR count). The van der Waals surface area contributed by atoms with E-state index in [-0.39, 0.29) is 18.2 Å². The molecule has 1 N–H and O–H groups in total. The molecule has 1 heterocycles. The highest BCUT2D eigenvalue weighted by atomic mass is 32.2. The zero-order chi connectivity index (χ0) is 9.40. The molecule has 0 aliphatic carbocycles. The standard InChI is InChI=1S/C4H4O2S.C3H8O2/c5-3-1-7-2-4(3)6;1-5-3-2-4/h1-2H2;4H,2-3H2,1H3. The first-order valence-electron chi connectivity index (χ1n) is 3.46. The molecule has 12 heavy (non-hydrogen) atoms. The second kappa shape index (κ2) is 7.27. The second-order valence-electron chi connectivity index (χ2n) is 2.06. The normalized spacial score (nSPS) is 15.8. The summed E-state index contributed by atoms with van der Waals surface area (Å²) in [6, 6.07) is 0. The predicted octanol–water partition coefficient (Wildman–Crippen LogP) is -0.504. The van der Waals surface area contributed by atoms with Crippen molar-refractivity contribution in [3.8, 4) is 0 Å². The van der Waals surface area contributed by atoms with Crippen molar-refractivity contribution in [1.29, 1.82) is 0 Å². The van der Waals surface area contributed by atoms with Crippen LogP contribution < -0.4 is 0 Å². The van der Waals surface area contributed by atoms with Gasteiger partial charge in [-0.25, -0.2) is 0 Å². The zero-order valence-electron chi connectivity index (χ0n) is 6.91. The average Bonchev–Trinajstić information content (AvgIpc) is 2.39. The van der Waals surface area contributed by atoms with Gasteiger partial charge in [-0.2, -0.15) is 0 Å². The first-order chi connectivity index (χ1) is 5.72. The number of aliphatic hydroxyl groups is 1. The average molecular weight is 192 g/mol. The van der Waals surface area contributed by atoms with Gasteiger partial charge in [-0.1, -0.05) is 0 Å². The molecule has 0 amide bonds. The van der Waals surface area contributed by atoms with E-state index in [1.165, 1.54) is 11.8 Å². The Balaban J connectivity index is 0.000000217. The van der Waals surface area contributed by atoms with Crippen molar-refractivity contribution in [2.24, 2.45) is 0 Å². The maximum Gasteiger partial charge on any atom is 0.209 e. The van der Waals surface area contributed by atoms with Crippen molar-refractivity contribution in [3.05, 3.63) is 0 Å². The minimum atomic E-state index is -0.218. The summed E-state index contributed by atoms with van der Waals surface area (Å²) in [6.45, 7) is 0.566. The van der Waals surface area contributed by atoms with E-state index in [1.807, 2.05) is 0 Å². The fraction of sp³-hybridized carbons (Fsp3) is 0.714. The molecular weight excluding hydrogens is 180 g/mol. The van der Waals surface area contributed by atoms with E-state index in [0.717, 1.165) is 0 Å². The van der Waals surface area contributed by atoms with Gasteiger partial charge >= 0.3 is 0 Å². The summed E-state index contributed by atoms with van der Waals surface area (Å²) >= 11 is 1.39. The Labute approximate surface area is 75.3 Å². The van der Waals surface area contributed by atoms with E-state index in [2.05, 4.69) is 4.74 Å². The molecule has 0 aromatic heterocycles. The highest BCUT2D eigenvalue weighted by Crippen LogP contribution is 2.08. The molecule has 5 heteroatoms. The van der Waals surface area contributed by atoms with Gasteiger partial charge in [0.2, 0.25) is 11.6 Å². The van der Waals surface area contributed by atoms with Crippen molar-refractivity contribution in [3.63, 3.8) is 0 Å². The van der Waals surface area contributed by atoms with Crippen LogP contribution in [0.1, 0.15) is 0 Å². The Morgan fingerprint density at radius 2 is 1.92 bits per heavy atom. The van der Waals surface area contributed by atoms with Crippen LogP contribution in [0.5, 0.6) is 0 Å². The molecule has 0 atom stereocenters. The number of methoxy groups -OCH3 is 1. The summed E-state index contributed by atoms with van der Waals surface area (Å²) in [5, 5.41) is 7.94. The molecule has 1 aliphatic rings. The van der Waals surface area contributed by atoms with E-state index < -0.39 is 0 Å². The molecule has 1 saturated heterocycles. The van der Waals surface area contributed by atoms with E-state index in [9.17, 15) is 9.59 Å². The number of thioether (sulfide) groups is 1. The minimum absolute atomic E-state index is 0.122. The van der Waals surface area contributed by atoms with E-state index in [1.54, 1.807) is 7.11 Å². The Hall–Kier alpha value is -0.390. The van der Waals surface area contributed by atoms with E-state index in [0.29, 0.717) is 18.1 Å². The van der Waals surface area contributed by atoms with E-state index >= 15 is 0 Å². The fourth-order valence-electron chi connectivity index (χ4n) is 0.489. The predicted molar refractivity (Wildman–Crippen MR) is 46.3 cm³/mol. The van der Waals surface area contributed by atoms with Crippen LogP contribution in [0.2, 0.25) is 0 Å². The van der Waals surface area contributed by atoms with Crippen LogP contribution in [0.25, 0.3) is 0 Å². The molecule has 70 valence electrons. The summed E-state index contributed by atoms with van der Waals surface area (Å²) < 4.78 is 4.44. The van der Waals surface area contributed by atoms with Gasteiger partial charge in [0, 0.05) is 7.11 Å². The lowest BCUT2D eigenvalue weighted by molar-refractivity contribution is -0.132. The molecule has 0 radical (unpaired) electrons. The number of hydrogen-bond donors (Lipinski definition) is 1. The van der Waals surface area contributed by atoms with Crippen molar-refractivity contribution < 1.29 is 19.4 Å². The third-order valence-electron chi connectivity index (χ3n) is 1.07. The number of carbonyl (C=O) groups excluding carboxylic acids is 2. The molecule has 0 unspecified atom stereocenters. The molecule has 0 bridgehead atoms. The van der Waals surface area contributed by atoms with Gasteiger partial charge in [0.15, 0.2) is 0 Å². The van der Waals surface area contributed by atoms with Crippen LogP contribution in [-0.4, -0.2) is 48.5 Å². The Bertz CT molecular complexity index is 141.